The van der Waals surface area contributed by atoms with E-state index in [2.05, 4.69) is 4.98 Å². The van der Waals surface area contributed by atoms with Crippen LogP contribution in [0.1, 0.15) is 0 Å². The average Bonchev–Trinajstić information content (AvgIpc) is 2.84. The molecule has 0 amide bonds. The number of para-hydroxylation sites is 2. The van der Waals surface area contributed by atoms with Crippen LogP contribution in [-0.4, -0.2) is 44.5 Å². The minimum absolute atomic E-state index is 0.0822. The standard InChI is InChI=1S/C13H16N2O3/c1-15(8-10-9-16-6-7-17-10)13-14-11-4-2-3-5-12(11)18-13/h2-5,10H,6-9H2,1H3. The van der Waals surface area contributed by atoms with Gasteiger partial charge in [-0.15, -0.1) is 0 Å². The van der Waals surface area contributed by atoms with Gasteiger partial charge in [0.2, 0.25) is 0 Å². The van der Waals surface area contributed by atoms with Gasteiger partial charge in [0, 0.05) is 7.05 Å². The second kappa shape index (κ2) is 4.96. The fourth-order valence-corrected chi connectivity index (χ4v) is 2.05. The minimum Gasteiger partial charge on any atom is -0.423 e. The SMILES string of the molecule is CN(CC1COCCO1)c1nc2ccccc2o1. The lowest BCUT2D eigenvalue weighted by atomic mass is 10.3. The van der Waals surface area contributed by atoms with E-state index in [0.717, 1.165) is 11.1 Å². The molecule has 5 heteroatoms. The molecule has 2 heterocycles. The number of oxazole rings is 1. The number of aromatic nitrogens is 1. The Morgan fingerprint density at radius 2 is 2.22 bits per heavy atom. The summed E-state index contributed by atoms with van der Waals surface area (Å²) in [6, 6.07) is 8.36. The van der Waals surface area contributed by atoms with Crippen molar-refractivity contribution in [1.29, 1.82) is 0 Å². The van der Waals surface area contributed by atoms with E-state index in [-0.39, 0.29) is 6.10 Å². The minimum atomic E-state index is 0.0822. The molecule has 1 aromatic heterocycles. The molecule has 96 valence electrons. The monoisotopic (exact) mass is 248 g/mol. The molecule has 5 nitrogen and oxygen atoms in total. The van der Waals surface area contributed by atoms with E-state index in [1.54, 1.807) is 0 Å². The third-order valence-corrected chi connectivity index (χ3v) is 2.97. The molecule has 0 N–H and O–H groups in total. The van der Waals surface area contributed by atoms with Gasteiger partial charge in [-0.3, -0.25) is 0 Å². The highest BCUT2D eigenvalue weighted by atomic mass is 16.6. The molecule has 0 radical (unpaired) electrons. The van der Waals surface area contributed by atoms with E-state index < -0.39 is 0 Å². The van der Waals surface area contributed by atoms with Crippen LogP contribution >= 0.6 is 0 Å². The van der Waals surface area contributed by atoms with Crippen LogP contribution in [-0.2, 0) is 9.47 Å². The summed E-state index contributed by atoms with van der Waals surface area (Å²) in [5.74, 6) is 0. The fraction of sp³-hybridized carbons (Fsp3) is 0.462. The summed E-state index contributed by atoms with van der Waals surface area (Å²) in [4.78, 5) is 6.40. The first-order chi connectivity index (χ1) is 8.83. The maximum absolute atomic E-state index is 5.69. The molecule has 0 aliphatic carbocycles. The topological polar surface area (TPSA) is 47.7 Å². The van der Waals surface area contributed by atoms with Gasteiger partial charge in [-0.25, -0.2) is 0 Å². The van der Waals surface area contributed by atoms with E-state index in [1.807, 2.05) is 36.2 Å². The van der Waals surface area contributed by atoms with Crippen LogP contribution in [0.5, 0.6) is 0 Å². The first kappa shape index (κ1) is 11.5. The Morgan fingerprint density at radius 3 is 3.00 bits per heavy atom. The van der Waals surface area contributed by atoms with E-state index >= 15 is 0 Å². The third-order valence-electron chi connectivity index (χ3n) is 2.97. The van der Waals surface area contributed by atoms with Crippen molar-refractivity contribution in [1.82, 2.24) is 4.98 Å². The Balaban J connectivity index is 1.72. The summed E-state index contributed by atoms with van der Waals surface area (Å²) < 4.78 is 16.7. The molecule has 2 aromatic rings. The van der Waals surface area contributed by atoms with Gasteiger partial charge in [0.1, 0.15) is 5.52 Å². The smallest absolute Gasteiger partial charge is 0.298 e. The maximum atomic E-state index is 5.69. The number of ether oxygens (including phenoxy) is 2. The second-order valence-electron chi connectivity index (χ2n) is 4.41. The predicted molar refractivity (Wildman–Crippen MR) is 67.8 cm³/mol. The van der Waals surface area contributed by atoms with Crippen molar-refractivity contribution in [3.05, 3.63) is 24.3 Å². The number of likely N-dealkylation sites (N-methyl/N-ethyl adjacent to an activating group) is 1. The molecule has 18 heavy (non-hydrogen) atoms. The van der Waals surface area contributed by atoms with Gasteiger partial charge >= 0.3 is 0 Å². The van der Waals surface area contributed by atoms with Gasteiger partial charge in [0.25, 0.3) is 6.01 Å². The number of nitrogens with zero attached hydrogens (tertiary/aromatic N) is 2. The molecule has 0 spiro atoms. The summed E-state index contributed by atoms with van der Waals surface area (Å²) in [6.07, 6.45) is 0.0822. The molecule has 1 aliphatic rings. The third kappa shape index (κ3) is 2.32. The molecular formula is C13H16N2O3. The van der Waals surface area contributed by atoms with Crippen LogP contribution in [0.25, 0.3) is 11.1 Å². The number of rotatable bonds is 3. The largest absolute Gasteiger partial charge is 0.423 e. The summed E-state index contributed by atoms with van der Waals surface area (Å²) >= 11 is 0. The van der Waals surface area contributed by atoms with Crippen molar-refractivity contribution in [2.75, 3.05) is 38.3 Å². The van der Waals surface area contributed by atoms with Crippen molar-refractivity contribution >= 4 is 17.1 Å². The Labute approximate surface area is 105 Å². The van der Waals surface area contributed by atoms with Gasteiger partial charge in [-0.1, -0.05) is 12.1 Å². The van der Waals surface area contributed by atoms with Crippen molar-refractivity contribution in [3.63, 3.8) is 0 Å². The van der Waals surface area contributed by atoms with E-state index in [1.165, 1.54) is 0 Å². The maximum Gasteiger partial charge on any atom is 0.298 e. The molecule has 1 aromatic carbocycles. The van der Waals surface area contributed by atoms with Crippen LogP contribution in [0.4, 0.5) is 6.01 Å². The van der Waals surface area contributed by atoms with Crippen LogP contribution < -0.4 is 4.90 Å². The molecule has 0 saturated carbocycles. The Hall–Kier alpha value is -1.59. The average molecular weight is 248 g/mol. The van der Waals surface area contributed by atoms with Gasteiger partial charge in [-0.05, 0) is 12.1 Å². The van der Waals surface area contributed by atoms with Crippen molar-refractivity contribution < 1.29 is 13.9 Å². The highest BCUT2D eigenvalue weighted by molar-refractivity contribution is 5.74. The second-order valence-corrected chi connectivity index (χ2v) is 4.41. The summed E-state index contributed by atoms with van der Waals surface area (Å²) in [5.41, 5.74) is 1.68. The quantitative estimate of drug-likeness (QED) is 0.827. The highest BCUT2D eigenvalue weighted by Crippen LogP contribution is 2.21. The van der Waals surface area contributed by atoms with E-state index in [0.29, 0.717) is 32.4 Å². The Morgan fingerprint density at radius 1 is 1.33 bits per heavy atom. The highest BCUT2D eigenvalue weighted by Gasteiger charge is 2.19. The van der Waals surface area contributed by atoms with Crippen molar-refractivity contribution in [2.45, 2.75) is 6.10 Å². The molecule has 1 aliphatic heterocycles. The molecular weight excluding hydrogens is 232 g/mol. The van der Waals surface area contributed by atoms with Crippen molar-refractivity contribution in [3.8, 4) is 0 Å². The number of fused-ring (bicyclic) bond motifs is 1. The van der Waals surface area contributed by atoms with Gasteiger partial charge in [0.05, 0.1) is 32.5 Å². The van der Waals surface area contributed by atoms with Gasteiger partial charge in [-0.2, -0.15) is 4.98 Å². The van der Waals surface area contributed by atoms with Crippen LogP contribution in [0, 0.1) is 0 Å². The van der Waals surface area contributed by atoms with E-state index in [4.69, 9.17) is 13.9 Å². The summed E-state index contributed by atoms with van der Waals surface area (Å²) in [6.45, 7) is 2.69. The van der Waals surface area contributed by atoms with Crippen molar-refractivity contribution in [2.24, 2.45) is 0 Å². The first-order valence-electron chi connectivity index (χ1n) is 6.09. The van der Waals surface area contributed by atoms with Crippen LogP contribution in [0.3, 0.4) is 0 Å². The first-order valence-corrected chi connectivity index (χ1v) is 6.09. The lowest BCUT2D eigenvalue weighted by molar-refractivity contribution is -0.0839. The summed E-state index contributed by atoms with van der Waals surface area (Å²) in [7, 11) is 1.95. The molecule has 1 fully saturated rings. The summed E-state index contributed by atoms with van der Waals surface area (Å²) in [5, 5.41) is 0. The van der Waals surface area contributed by atoms with Gasteiger partial charge in [0.15, 0.2) is 5.58 Å². The normalized spacial score (nSPS) is 20.2. The Kier molecular flexibility index (Phi) is 3.17. The molecule has 1 atom stereocenters. The predicted octanol–water partition coefficient (Wildman–Crippen LogP) is 1.68. The number of benzene rings is 1. The van der Waals surface area contributed by atoms with Gasteiger partial charge < -0.3 is 18.8 Å². The molecule has 1 unspecified atom stereocenters. The lowest BCUT2D eigenvalue weighted by Crippen LogP contribution is -2.38. The number of hydrogen-bond acceptors (Lipinski definition) is 5. The number of hydrogen-bond donors (Lipinski definition) is 0. The zero-order valence-corrected chi connectivity index (χ0v) is 10.3. The van der Waals surface area contributed by atoms with Crippen LogP contribution in [0.2, 0.25) is 0 Å². The zero-order valence-electron chi connectivity index (χ0n) is 10.3. The van der Waals surface area contributed by atoms with E-state index in [9.17, 15) is 0 Å². The fourth-order valence-electron chi connectivity index (χ4n) is 2.05. The Bertz CT molecular complexity index is 487. The molecule has 0 bridgehead atoms. The lowest BCUT2D eigenvalue weighted by Gasteiger charge is -2.26. The van der Waals surface area contributed by atoms with Crippen LogP contribution in [0.15, 0.2) is 28.7 Å². The molecule has 3 rings (SSSR count). The zero-order chi connectivity index (χ0) is 12.4. The number of anilines is 1. The molecule has 1 saturated heterocycles.